The smallest absolute Gasteiger partial charge is 0.0882 e. The third kappa shape index (κ3) is 2.52. The number of hydrogen-bond donors (Lipinski definition) is 2. The van der Waals surface area contributed by atoms with Crippen LogP contribution >= 0.6 is 0 Å². The van der Waals surface area contributed by atoms with E-state index in [0.29, 0.717) is 23.8 Å². The average Bonchev–Trinajstić information content (AvgIpc) is 2.34. The summed E-state index contributed by atoms with van der Waals surface area (Å²) in [7, 11) is 0. The lowest BCUT2D eigenvalue weighted by atomic mass is 10.1. The van der Waals surface area contributed by atoms with E-state index in [9.17, 15) is 5.11 Å². The number of nitrogens with one attached hydrogen (secondary N) is 1. The van der Waals surface area contributed by atoms with Gasteiger partial charge in [-0.15, -0.1) is 0 Å². The van der Waals surface area contributed by atoms with E-state index in [2.05, 4.69) is 25.7 Å². The van der Waals surface area contributed by atoms with E-state index < -0.39 is 0 Å². The number of aliphatic hydroxyl groups excluding tert-OH is 1. The fourth-order valence-corrected chi connectivity index (χ4v) is 1.91. The fraction of sp³-hybridized carbons (Fsp3) is 0.800. The molecular weight excluding hydrogens is 150 g/mol. The standard InChI is InChI=1S/C10H19NO/c1-7(2)11-10-5-4-9(6-10)8(3)12/h7,9-12H,3-6H2,1-2H3/t9-,10-/m1/s1. The van der Waals surface area contributed by atoms with Crippen LogP contribution < -0.4 is 5.32 Å². The van der Waals surface area contributed by atoms with Crippen LogP contribution in [0.5, 0.6) is 0 Å². The molecule has 0 aliphatic heterocycles. The van der Waals surface area contributed by atoms with Crippen molar-refractivity contribution in [2.75, 3.05) is 0 Å². The van der Waals surface area contributed by atoms with Gasteiger partial charge in [0, 0.05) is 18.0 Å². The first-order valence-corrected chi connectivity index (χ1v) is 4.73. The molecule has 0 unspecified atom stereocenters. The van der Waals surface area contributed by atoms with Gasteiger partial charge in [-0.2, -0.15) is 0 Å². The molecule has 0 aromatic carbocycles. The first kappa shape index (κ1) is 9.59. The second-order valence-electron chi connectivity index (χ2n) is 4.02. The molecule has 0 aromatic rings. The molecule has 2 N–H and O–H groups in total. The normalized spacial score (nSPS) is 29.6. The third-order valence-corrected chi connectivity index (χ3v) is 2.47. The molecule has 0 spiro atoms. The summed E-state index contributed by atoms with van der Waals surface area (Å²) in [5.74, 6) is 0.698. The van der Waals surface area contributed by atoms with Crippen molar-refractivity contribution >= 4 is 0 Å². The van der Waals surface area contributed by atoms with Crippen LogP contribution in [0.3, 0.4) is 0 Å². The predicted octanol–water partition coefficient (Wildman–Crippen LogP) is 2.22. The summed E-state index contributed by atoms with van der Waals surface area (Å²) < 4.78 is 0. The van der Waals surface area contributed by atoms with E-state index in [4.69, 9.17) is 0 Å². The van der Waals surface area contributed by atoms with Crippen molar-refractivity contribution in [2.24, 2.45) is 5.92 Å². The lowest BCUT2D eigenvalue weighted by Gasteiger charge is -2.15. The maximum Gasteiger partial charge on any atom is 0.0882 e. The van der Waals surface area contributed by atoms with Crippen molar-refractivity contribution in [2.45, 2.75) is 45.2 Å². The van der Waals surface area contributed by atoms with Crippen LogP contribution in [0.25, 0.3) is 0 Å². The Hall–Kier alpha value is -0.500. The molecule has 1 saturated carbocycles. The molecule has 0 heterocycles. The molecule has 0 amide bonds. The van der Waals surface area contributed by atoms with Crippen molar-refractivity contribution in [3.63, 3.8) is 0 Å². The Morgan fingerprint density at radius 2 is 2.17 bits per heavy atom. The van der Waals surface area contributed by atoms with E-state index >= 15 is 0 Å². The Bertz CT molecular complexity index is 165. The molecule has 12 heavy (non-hydrogen) atoms. The van der Waals surface area contributed by atoms with Crippen LogP contribution in [0.1, 0.15) is 33.1 Å². The van der Waals surface area contributed by atoms with E-state index in [0.717, 1.165) is 12.8 Å². The maximum atomic E-state index is 9.18. The average molecular weight is 169 g/mol. The number of allylic oxidation sites excluding steroid dienone is 1. The van der Waals surface area contributed by atoms with Crippen molar-refractivity contribution in [3.8, 4) is 0 Å². The summed E-state index contributed by atoms with van der Waals surface area (Å²) in [6.07, 6.45) is 3.30. The van der Waals surface area contributed by atoms with Crippen molar-refractivity contribution < 1.29 is 5.11 Å². The number of rotatable bonds is 3. The SMILES string of the molecule is C=C(O)[C@@H]1CC[C@@H](NC(C)C)C1. The molecule has 0 bridgehead atoms. The first-order valence-electron chi connectivity index (χ1n) is 4.73. The van der Waals surface area contributed by atoms with Gasteiger partial charge < -0.3 is 10.4 Å². The molecule has 2 heteroatoms. The highest BCUT2D eigenvalue weighted by atomic mass is 16.3. The quantitative estimate of drug-likeness (QED) is 0.635. The van der Waals surface area contributed by atoms with Crippen molar-refractivity contribution in [1.29, 1.82) is 0 Å². The molecule has 0 aromatic heterocycles. The molecular formula is C10H19NO. The summed E-state index contributed by atoms with van der Waals surface area (Å²) in [5, 5.41) is 12.7. The third-order valence-electron chi connectivity index (χ3n) is 2.47. The minimum absolute atomic E-state index is 0.334. The van der Waals surface area contributed by atoms with Crippen LogP contribution in [-0.2, 0) is 0 Å². The molecule has 0 saturated heterocycles. The Morgan fingerprint density at radius 3 is 2.58 bits per heavy atom. The van der Waals surface area contributed by atoms with E-state index in [1.54, 1.807) is 0 Å². The molecule has 2 atom stereocenters. The van der Waals surface area contributed by atoms with Gasteiger partial charge in [-0.3, -0.25) is 0 Å². The second-order valence-corrected chi connectivity index (χ2v) is 4.02. The Labute approximate surface area is 74.7 Å². The Balaban J connectivity index is 2.30. The Kier molecular flexibility index (Phi) is 3.15. The zero-order valence-electron chi connectivity index (χ0n) is 8.01. The van der Waals surface area contributed by atoms with Crippen molar-refractivity contribution in [1.82, 2.24) is 5.32 Å². The van der Waals surface area contributed by atoms with Crippen LogP contribution in [0.2, 0.25) is 0 Å². The van der Waals surface area contributed by atoms with Gasteiger partial charge in [0.15, 0.2) is 0 Å². The van der Waals surface area contributed by atoms with Crippen molar-refractivity contribution in [3.05, 3.63) is 12.3 Å². The van der Waals surface area contributed by atoms with E-state index in [1.807, 2.05) is 0 Å². The molecule has 1 aliphatic rings. The molecule has 1 fully saturated rings. The van der Waals surface area contributed by atoms with Crippen LogP contribution in [0, 0.1) is 5.92 Å². The Morgan fingerprint density at radius 1 is 1.50 bits per heavy atom. The second kappa shape index (κ2) is 3.94. The van der Waals surface area contributed by atoms with Gasteiger partial charge in [0.05, 0.1) is 5.76 Å². The summed E-state index contributed by atoms with van der Waals surface area (Å²) in [6.45, 7) is 7.89. The van der Waals surface area contributed by atoms with Gasteiger partial charge in [-0.25, -0.2) is 0 Å². The summed E-state index contributed by atoms with van der Waals surface area (Å²) in [5.41, 5.74) is 0. The molecule has 1 aliphatic carbocycles. The zero-order valence-corrected chi connectivity index (χ0v) is 8.01. The monoisotopic (exact) mass is 169 g/mol. The molecule has 0 radical (unpaired) electrons. The fourth-order valence-electron chi connectivity index (χ4n) is 1.91. The highest BCUT2D eigenvalue weighted by Crippen LogP contribution is 2.29. The van der Waals surface area contributed by atoms with Crippen LogP contribution in [-0.4, -0.2) is 17.2 Å². The number of aliphatic hydroxyl groups is 1. The minimum atomic E-state index is 0.334. The summed E-state index contributed by atoms with van der Waals surface area (Å²) in [6, 6.07) is 1.12. The summed E-state index contributed by atoms with van der Waals surface area (Å²) >= 11 is 0. The largest absolute Gasteiger partial charge is 0.513 e. The van der Waals surface area contributed by atoms with Gasteiger partial charge in [0.1, 0.15) is 0 Å². The van der Waals surface area contributed by atoms with Crippen LogP contribution in [0.15, 0.2) is 12.3 Å². The zero-order chi connectivity index (χ0) is 9.14. The molecule has 1 rings (SSSR count). The van der Waals surface area contributed by atoms with Gasteiger partial charge >= 0.3 is 0 Å². The van der Waals surface area contributed by atoms with Gasteiger partial charge in [-0.05, 0) is 19.3 Å². The van der Waals surface area contributed by atoms with Gasteiger partial charge in [0.25, 0.3) is 0 Å². The van der Waals surface area contributed by atoms with Crippen LogP contribution in [0.4, 0.5) is 0 Å². The lowest BCUT2D eigenvalue weighted by molar-refractivity contribution is 0.329. The summed E-state index contributed by atoms with van der Waals surface area (Å²) in [4.78, 5) is 0. The van der Waals surface area contributed by atoms with Gasteiger partial charge in [-0.1, -0.05) is 20.4 Å². The highest BCUT2D eigenvalue weighted by Gasteiger charge is 2.26. The highest BCUT2D eigenvalue weighted by molar-refractivity contribution is 4.96. The molecule has 70 valence electrons. The topological polar surface area (TPSA) is 32.3 Å². The maximum absolute atomic E-state index is 9.18. The van der Waals surface area contributed by atoms with E-state index in [-0.39, 0.29) is 0 Å². The minimum Gasteiger partial charge on any atom is -0.513 e. The first-order chi connectivity index (χ1) is 5.59. The van der Waals surface area contributed by atoms with Gasteiger partial charge in [0.2, 0.25) is 0 Å². The molecule has 2 nitrogen and oxygen atoms in total. The predicted molar refractivity (Wildman–Crippen MR) is 51.2 cm³/mol. The number of hydrogen-bond acceptors (Lipinski definition) is 2. The lowest BCUT2D eigenvalue weighted by Crippen LogP contribution is -2.32. The van der Waals surface area contributed by atoms with E-state index in [1.165, 1.54) is 6.42 Å².